The maximum Gasteiger partial charge on any atom is 0.269 e. The van der Waals surface area contributed by atoms with Crippen molar-refractivity contribution in [3.63, 3.8) is 0 Å². The molecule has 0 N–H and O–H groups in total. The lowest BCUT2D eigenvalue weighted by Crippen LogP contribution is -2.54. The summed E-state index contributed by atoms with van der Waals surface area (Å²) in [4.78, 5) is 12.7. The van der Waals surface area contributed by atoms with Crippen molar-refractivity contribution in [1.82, 2.24) is 4.31 Å². The Kier molecular flexibility index (Phi) is 5.39. The second-order valence-corrected chi connectivity index (χ2v) is 12.2. The largest absolute Gasteiger partial charge is 0.347 e. The van der Waals surface area contributed by atoms with Crippen LogP contribution in [0.15, 0.2) is 59.0 Å². The van der Waals surface area contributed by atoms with Crippen molar-refractivity contribution in [2.45, 2.75) is 75.3 Å². The van der Waals surface area contributed by atoms with Crippen molar-refractivity contribution in [3.05, 3.63) is 75.4 Å². The molecule has 2 aromatic rings. The van der Waals surface area contributed by atoms with Crippen LogP contribution in [0, 0.1) is 10.1 Å². The molecule has 1 spiro atoms. The Bertz CT molecular complexity index is 1330. The van der Waals surface area contributed by atoms with Gasteiger partial charge in [0.15, 0.2) is 6.23 Å². The minimum Gasteiger partial charge on any atom is -0.347 e. The monoisotopic (exact) mass is 497 g/mol. The first-order valence-electron chi connectivity index (χ1n) is 11.9. The molecule has 1 aliphatic carbocycles. The van der Waals surface area contributed by atoms with Crippen molar-refractivity contribution in [2.75, 3.05) is 11.9 Å². The standard InChI is InChI=1S/C26H31N3O5S/c1-17(2)16-18-8-7-15-26-23-21(18)9-6-10-22(23)27(5)24(26)34-25(3,4)29(26)35(32,33)20-13-11-19(12-14-20)28(30)31/h6,9-14,16,18,24H,7-8,15H2,1-5H3/t18-,24+,26+/m1/s1. The Morgan fingerprint density at radius 2 is 1.86 bits per heavy atom. The molecule has 3 aliphatic rings. The van der Waals surface area contributed by atoms with Crippen LogP contribution >= 0.6 is 0 Å². The molecule has 9 heteroatoms. The minimum absolute atomic E-state index is 0.0217. The van der Waals surface area contributed by atoms with E-state index in [4.69, 9.17) is 4.74 Å². The van der Waals surface area contributed by atoms with Gasteiger partial charge < -0.3 is 9.64 Å². The van der Waals surface area contributed by atoms with E-state index in [2.05, 4.69) is 30.9 Å². The number of likely N-dealkylation sites (N-methyl/N-ethyl adjacent to an activating group) is 1. The van der Waals surface area contributed by atoms with Gasteiger partial charge in [0.25, 0.3) is 5.69 Å². The molecule has 1 saturated heterocycles. The molecule has 2 aromatic carbocycles. The molecule has 8 nitrogen and oxygen atoms in total. The van der Waals surface area contributed by atoms with Gasteiger partial charge in [-0.25, -0.2) is 8.42 Å². The molecular formula is C26H31N3O5S. The predicted octanol–water partition coefficient (Wildman–Crippen LogP) is 5.26. The SMILES string of the molecule is CC(C)=C[C@H]1CCC[C@]23c4c1cccc4N(C)[C@H]2OC(C)(C)N3S(=O)(=O)c1ccc([N+](=O)[O-])cc1. The van der Waals surface area contributed by atoms with Crippen LogP contribution in [0.1, 0.15) is 64.0 Å². The highest BCUT2D eigenvalue weighted by Gasteiger charge is 2.69. The number of benzene rings is 2. The molecule has 0 bridgehead atoms. The first-order valence-corrected chi connectivity index (χ1v) is 13.3. The molecular weight excluding hydrogens is 466 g/mol. The Balaban J connectivity index is 1.76. The first kappa shape index (κ1) is 24.0. The van der Waals surface area contributed by atoms with E-state index >= 15 is 0 Å². The van der Waals surface area contributed by atoms with Gasteiger partial charge in [0.2, 0.25) is 10.0 Å². The number of sulfonamides is 1. The molecule has 3 atom stereocenters. The van der Waals surface area contributed by atoms with Crippen LogP contribution < -0.4 is 4.90 Å². The van der Waals surface area contributed by atoms with E-state index in [0.29, 0.717) is 6.42 Å². The van der Waals surface area contributed by atoms with Gasteiger partial charge in [-0.2, -0.15) is 4.31 Å². The zero-order chi connectivity index (χ0) is 25.3. The normalized spacial score (nSPS) is 27.2. The third-order valence-corrected chi connectivity index (χ3v) is 9.61. The number of hydrogen-bond donors (Lipinski definition) is 0. The summed E-state index contributed by atoms with van der Waals surface area (Å²) in [7, 11) is -2.11. The van der Waals surface area contributed by atoms with Crippen LogP contribution in [-0.4, -0.2) is 36.6 Å². The number of nitro benzene ring substituents is 1. The van der Waals surface area contributed by atoms with Gasteiger partial charge in [0, 0.05) is 36.3 Å². The molecule has 5 rings (SSSR count). The summed E-state index contributed by atoms with van der Waals surface area (Å²) in [6.45, 7) is 7.76. The highest BCUT2D eigenvalue weighted by atomic mass is 32.2. The quantitative estimate of drug-likeness (QED) is 0.325. The van der Waals surface area contributed by atoms with Crippen molar-refractivity contribution in [3.8, 4) is 0 Å². The molecule has 1 fully saturated rings. The fourth-order valence-electron chi connectivity index (χ4n) is 6.40. The summed E-state index contributed by atoms with van der Waals surface area (Å²) in [6.07, 6.45) is 4.17. The Labute approximate surface area is 206 Å². The summed E-state index contributed by atoms with van der Waals surface area (Å²) < 4.78 is 36.7. The smallest absolute Gasteiger partial charge is 0.269 e. The zero-order valence-electron chi connectivity index (χ0n) is 20.7. The number of non-ortho nitro benzene ring substituents is 1. The lowest BCUT2D eigenvalue weighted by atomic mass is 9.83. The van der Waals surface area contributed by atoms with Crippen LogP contribution in [0.2, 0.25) is 0 Å². The molecule has 0 saturated carbocycles. The molecule has 0 aromatic heterocycles. The van der Waals surface area contributed by atoms with Gasteiger partial charge in [0.05, 0.1) is 9.82 Å². The number of allylic oxidation sites excluding steroid dienone is 2. The van der Waals surface area contributed by atoms with Crippen molar-refractivity contribution < 1.29 is 18.1 Å². The number of anilines is 1. The second kappa shape index (κ2) is 7.88. The highest BCUT2D eigenvalue weighted by Crippen LogP contribution is 2.62. The third kappa shape index (κ3) is 3.36. The van der Waals surface area contributed by atoms with Crippen molar-refractivity contribution in [1.29, 1.82) is 0 Å². The average Bonchev–Trinajstić information content (AvgIpc) is 3.08. The number of nitro groups is 1. The highest BCUT2D eigenvalue weighted by molar-refractivity contribution is 7.89. The van der Waals surface area contributed by atoms with E-state index in [1.807, 2.05) is 19.2 Å². The van der Waals surface area contributed by atoms with Crippen LogP contribution in [0.4, 0.5) is 11.4 Å². The van der Waals surface area contributed by atoms with E-state index in [-0.39, 0.29) is 16.5 Å². The van der Waals surface area contributed by atoms with E-state index in [1.54, 1.807) is 18.2 Å². The van der Waals surface area contributed by atoms with Crippen molar-refractivity contribution >= 4 is 21.4 Å². The maximum atomic E-state index is 14.3. The molecule has 0 radical (unpaired) electrons. The van der Waals surface area contributed by atoms with Crippen LogP contribution in [0.5, 0.6) is 0 Å². The Hall–Kier alpha value is -2.75. The molecule has 2 heterocycles. The van der Waals surface area contributed by atoms with E-state index in [0.717, 1.165) is 29.7 Å². The molecule has 2 aliphatic heterocycles. The van der Waals surface area contributed by atoms with E-state index in [9.17, 15) is 18.5 Å². The molecule has 35 heavy (non-hydrogen) atoms. The van der Waals surface area contributed by atoms with Gasteiger partial charge in [-0.15, -0.1) is 0 Å². The summed E-state index contributed by atoms with van der Waals surface area (Å²) in [5, 5.41) is 11.1. The minimum atomic E-state index is -4.08. The van der Waals surface area contributed by atoms with Gasteiger partial charge >= 0.3 is 0 Å². The van der Waals surface area contributed by atoms with Crippen LogP contribution in [0.25, 0.3) is 0 Å². The second-order valence-electron chi connectivity index (χ2n) is 10.5. The molecule has 0 amide bonds. The van der Waals surface area contributed by atoms with Crippen LogP contribution in [-0.2, 0) is 20.3 Å². The molecule has 186 valence electrons. The number of ether oxygens (including phenoxy) is 1. The summed E-state index contributed by atoms with van der Waals surface area (Å²) in [5.74, 6) is 0.189. The topological polar surface area (TPSA) is 93.0 Å². The number of hydrogen-bond acceptors (Lipinski definition) is 6. The van der Waals surface area contributed by atoms with Crippen LogP contribution in [0.3, 0.4) is 0 Å². The Morgan fingerprint density at radius 3 is 2.49 bits per heavy atom. The molecule has 0 unspecified atom stereocenters. The van der Waals surface area contributed by atoms with Gasteiger partial charge in [-0.05, 0) is 64.3 Å². The Morgan fingerprint density at radius 1 is 1.17 bits per heavy atom. The fourth-order valence-corrected chi connectivity index (χ4v) is 8.42. The predicted molar refractivity (Wildman–Crippen MR) is 134 cm³/mol. The number of rotatable bonds is 4. The third-order valence-electron chi connectivity index (χ3n) is 7.49. The zero-order valence-corrected chi connectivity index (χ0v) is 21.5. The summed E-state index contributed by atoms with van der Waals surface area (Å²) in [5.41, 5.74) is 2.19. The summed E-state index contributed by atoms with van der Waals surface area (Å²) >= 11 is 0. The van der Waals surface area contributed by atoms with Gasteiger partial charge in [-0.1, -0.05) is 30.2 Å². The lowest BCUT2D eigenvalue weighted by molar-refractivity contribution is -0.384. The average molecular weight is 498 g/mol. The van der Waals surface area contributed by atoms with Crippen molar-refractivity contribution in [2.24, 2.45) is 0 Å². The lowest BCUT2D eigenvalue weighted by Gasteiger charge is -2.40. The number of nitrogens with zero attached hydrogens (tertiary/aromatic N) is 3. The van der Waals surface area contributed by atoms with E-state index in [1.165, 1.54) is 29.8 Å². The summed E-state index contributed by atoms with van der Waals surface area (Å²) in [6, 6.07) is 11.3. The van der Waals surface area contributed by atoms with Gasteiger partial charge in [-0.3, -0.25) is 10.1 Å². The maximum absolute atomic E-state index is 14.3. The first-order chi connectivity index (χ1) is 16.4. The van der Waals surface area contributed by atoms with Gasteiger partial charge in [0.1, 0.15) is 11.3 Å². The van der Waals surface area contributed by atoms with E-state index < -0.39 is 32.4 Å². The fraction of sp³-hybridized carbons (Fsp3) is 0.462.